The van der Waals surface area contributed by atoms with E-state index in [1.54, 1.807) is 0 Å². The first kappa shape index (κ1) is 13.2. The minimum Gasteiger partial charge on any atom is -0.478 e. The normalized spacial score (nSPS) is 9.07. The van der Waals surface area contributed by atoms with Crippen molar-refractivity contribution in [2.45, 2.75) is 0 Å². The number of hydrazine groups is 1. The average Bonchev–Trinajstić information content (AvgIpc) is 2.08. The molecule has 0 aliphatic rings. The van der Waals surface area contributed by atoms with Crippen LogP contribution in [0.3, 0.4) is 0 Å². The van der Waals surface area contributed by atoms with Crippen molar-refractivity contribution < 1.29 is 14.3 Å². The summed E-state index contributed by atoms with van der Waals surface area (Å²) in [6, 6.07) is 2.15. The van der Waals surface area contributed by atoms with E-state index in [2.05, 4.69) is 21.4 Å². The minimum absolute atomic E-state index is 0. The molecule has 0 aliphatic carbocycles. The van der Waals surface area contributed by atoms with E-state index in [4.69, 9.17) is 10.9 Å². The maximum Gasteiger partial charge on any atom is 0.337 e. The standard InChI is InChI=1S/C7H6BrFN2O2.ClH/c8-4-2-6(11-10)3(7(12)13)1-5(4)9;/h1-2,11H,10H2,(H,12,13);1H. The summed E-state index contributed by atoms with van der Waals surface area (Å²) in [7, 11) is 0. The van der Waals surface area contributed by atoms with Gasteiger partial charge in [0.05, 0.1) is 15.7 Å². The Morgan fingerprint density at radius 1 is 1.57 bits per heavy atom. The van der Waals surface area contributed by atoms with E-state index in [1.165, 1.54) is 6.07 Å². The second kappa shape index (κ2) is 5.14. The van der Waals surface area contributed by atoms with Crippen LogP contribution in [0.2, 0.25) is 0 Å². The summed E-state index contributed by atoms with van der Waals surface area (Å²) in [5, 5.41) is 8.63. The molecule has 0 fully saturated rings. The van der Waals surface area contributed by atoms with Gasteiger partial charge in [0.15, 0.2) is 0 Å². The quantitative estimate of drug-likeness (QED) is 0.574. The van der Waals surface area contributed by atoms with E-state index in [-0.39, 0.29) is 28.1 Å². The van der Waals surface area contributed by atoms with Crippen LogP contribution in [-0.4, -0.2) is 11.1 Å². The zero-order chi connectivity index (χ0) is 10.0. The van der Waals surface area contributed by atoms with Crippen LogP contribution in [0.5, 0.6) is 0 Å². The fourth-order valence-corrected chi connectivity index (χ4v) is 1.19. The third-order valence-electron chi connectivity index (χ3n) is 1.45. The Kier molecular flexibility index (Phi) is 4.82. The van der Waals surface area contributed by atoms with Crippen LogP contribution in [-0.2, 0) is 0 Å². The molecular formula is C7H7BrClFN2O2. The fraction of sp³-hybridized carbons (Fsp3) is 0. The van der Waals surface area contributed by atoms with Crippen LogP contribution in [0.25, 0.3) is 0 Å². The van der Waals surface area contributed by atoms with Gasteiger partial charge in [-0.2, -0.15) is 0 Å². The van der Waals surface area contributed by atoms with Crippen molar-refractivity contribution in [3.05, 3.63) is 28.0 Å². The summed E-state index contributed by atoms with van der Waals surface area (Å²) < 4.78 is 13.0. The summed E-state index contributed by atoms with van der Waals surface area (Å²) in [5.74, 6) is 3.17. The Labute approximate surface area is 93.8 Å². The molecular weight excluding hydrogens is 278 g/mol. The summed E-state index contributed by atoms with van der Waals surface area (Å²) in [6.45, 7) is 0. The van der Waals surface area contributed by atoms with Gasteiger partial charge in [-0.1, -0.05) is 0 Å². The van der Waals surface area contributed by atoms with Gasteiger partial charge in [0, 0.05) is 0 Å². The van der Waals surface area contributed by atoms with Crippen LogP contribution in [0.1, 0.15) is 10.4 Å². The molecule has 0 spiro atoms. The number of carboxylic acids is 1. The summed E-state index contributed by atoms with van der Waals surface area (Å²) >= 11 is 2.91. The van der Waals surface area contributed by atoms with E-state index >= 15 is 0 Å². The largest absolute Gasteiger partial charge is 0.478 e. The van der Waals surface area contributed by atoms with Crippen LogP contribution >= 0.6 is 28.3 Å². The molecule has 0 saturated heterocycles. The van der Waals surface area contributed by atoms with Gasteiger partial charge in [-0.15, -0.1) is 12.4 Å². The van der Waals surface area contributed by atoms with Gasteiger partial charge in [0.1, 0.15) is 5.82 Å². The third kappa shape index (κ3) is 2.57. The Morgan fingerprint density at radius 2 is 2.14 bits per heavy atom. The number of aromatic carboxylic acids is 1. The van der Waals surface area contributed by atoms with Crippen LogP contribution in [0, 0.1) is 5.82 Å². The molecule has 0 amide bonds. The maximum atomic E-state index is 12.9. The smallest absolute Gasteiger partial charge is 0.337 e. The van der Waals surface area contributed by atoms with Gasteiger partial charge in [0.25, 0.3) is 0 Å². The minimum atomic E-state index is -1.24. The molecule has 0 radical (unpaired) electrons. The molecule has 4 N–H and O–H groups in total. The molecule has 0 aromatic heterocycles. The highest BCUT2D eigenvalue weighted by Gasteiger charge is 2.12. The van der Waals surface area contributed by atoms with Crippen molar-refractivity contribution in [2.75, 3.05) is 5.43 Å². The van der Waals surface area contributed by atoms with Crippen molar-refractivity contribution in [1.29, 1.82) is 0 Å². The number of rotatable bonds is 2. The lowest BCUT2D eigenvalue weighted by Crippen LogP contribution is -2.12. The molecule has 0 atom stereocenters. The van der Waals surface area contributed by atoms with Crippen molar-refractivity contribution >= 4 is 40.0 Å². The molecule has 4 nitrogen and oxygen atoms in total. The molecule has 1 rings (SSSR count). The van der Waals surface area contributed by atoms with Gasteiger partial charge in [-0.05, 0) is 28.1 Å². The van der Waals surface area contributed by atoms with Crippen LogP contribution in [0.4, 0.5) is 10.1 Å². The lowest BCUT2D eigenvalue weighted by Gasteiger charge is -2.05. The van der Waals surface area contributed by atoms with Gasteiger partial charge >= 0.3 is 5.97 Å². The Morgan fingerprint density at radius 3 is 2.57 bits per heavy atom. The number of hydrogen-bond donors (Lipinski definition) is 3. The molecule has 1 aromatic rings. The highest BCUT2D eigenvalue weighted by atomic mass is 79.9. The van der Waals surface area contributed by atoms with E-state index in [0.717, 1.165) is 6.07 Å². The predicted octanol–water partition coefficient (Wildman–Crippen LogP) is 1.99. The second-order valence-corrected chi connectivity index (χ2v) is 3.12. The van der Waals surface area contributed by atoms with Crippen LogP contribution in [0.15, 0.2) is 16.6 Å². The topological polar surface area (TPSA) is 75.3 Å². The first-order valence-electron chi connectivity index (χ1n) is 3.25. The molecule has 14 heavy (non-hydrogen) atoms. The van der Waals surface area contributed by atoms with Gasteiger partial charge in [-0.25, -0.2) is 9.18 Å². The van der Waals surface area contributed by atoms with Gasteiger partial charge in [0.2, 0.25) is 0 Å². The number of carbonyl (C=O) groups is 1. The number of nitrogen functional groups attached to an aromatic ring is 1. The fourth-order valence-electron chi connectivity index (χ4n) is 0.843. The number of hydrogen-bond acceptors (Lipinski definition) is 3. The average molecular weight is 285 g/mol. The van der Waals surface area contributed by atoms with E-state index in [1.807, 2.05) is 0 Å². The zero-order valence-corrected chi connectivity index (χ0v) is 9.15. The molecule has 0 bridgehead atoms. The molecule has 0 heterocycles. The first-order valence-corrected chi connectivity index (χ1v) is 4.04. The number of benzene rings is 1. The summed E-state index contributed by atoms with van der Waals surface area (Å²) in [5.41, 5.74) is 2.12. The number of nitrogens with one attached hydrogen (secondary N) is 1. The summed E-state index contributed by atoms with van der Waals surface area (Å²) in [6.07, 6.45) is 0. The van der Waals surface area contributed by atoms with E-state index < -0.39 is 11.8 Å². The lowest BCUT2D eigenvalue weighted by atomic mass is 10.2. The summed E-state index contributed by atoms with van der Waals surface area (Å²) in [4.78, 5) is 10.6. The van der Waals surface area contributed by atoms with Gasteiger partial charge < -0.3 is 10.5 Å². The Bertz CT molecular complexity index is 362. The molecule has 78 valence electrons. The van der Waals surface area contributed by atoms with E-state index in [0.29, 0.717) is 0 Å². The maximum absolute atomic E-state index is 12.9. The third-order valence-corrected chi connectivity index (χ3v) is 2.05. The highest BCUT2D eigenvalue weighted by molar-refractivity contribution is 9.10. The molecule has 7 heteroatoms. The number of anilines is 1. The monoisotopic (exact) mass is 284 g/mol. The Balaban J connectivity index is 0.00000169. The van der Waals surface area contributed by atoms with Crippen molar-refractivity contribution in [3.63, 3.8) is 0 Å². The van der Waals surface area contributed by atoms with Crippen molar-refractivity contribution in [1.82, 2.24) is 0 Å². The molecule has 0 aliphatic heterocycles. The Hall–Kier alpha value is -0.850. The number of carboxylic acid groups (broad SMARTS) is 1. The predicted molar refractivity (Wildman–Crippen MR) is 56.1 cm³/mol. The molecule has 0 unspecified atom stereocenters. The zero-order valence-electron chi connectivity index (χ0n) is 6.75. The van der Waals surface area contributed by atoms with E-state index in [9.17, 15) is 9.18 Å². The first-order chi connectivity index (χ1) is 6.06. The molecule has 0 saturated carbocycles. The van der Waals surface area contributed by atoms with Crippen molar-refractivity contribution in [2.24, 2.45) is 5.84 Å². The number of nitrogens with two attached hydrogens (primary N) is 1. The van der Waals surface area contributed by atoms with Crippen molar-refractivity contribution in [3.8, 4) is 0 Å². The SMILES string of the molecule is Cl.NNc1cc(Br)c(F)cc1C(=O)O. The number of halogens is 3. The second-order valence-electron chi connectivity index (χ2n) is 2.26. The highest BCUT2D eigenvalue weighted by Crippen LogP contribution is 2.24. The van der Waals surface area contributed by atoms with Gasteiger partial charge in [-0.3, -0.25) is 5.84 Å². The lowest BCUT2D eigenvalue weighted by molar-refractivity contribution is 0.0697. The molecule has 1 aromatic carbocycles. The van der Waals surface area contributed by atoms with Crippen LogP contribution < -0.4 is 11.3 Å².